The molecule has 250 valence electrons. The summed E-state index contributed by atoms with van der Waals surface area (Å²) in [6.45, 7) is 4.92. The third-order valence-corrected chi connectivity index (χ3v) is 8.02. The maximum absolute atomic E-state index is 14.0. The Labute approximate surface area is 267 Å². The average Bonchev–Trinajstić information content (AvgIpc) is 3.43. The Morgan fingerprint density at radius 3 is 2.38 bits per heavy atom. The van der Waals surface area contributed by atoms with Crippen LogP contribution in [0.4, 0.5) is 32.0 Å². The molecule has 1 heterocycles. The van der Waals surface area contributed by atoms with Crippen molar-refractivity contribution in [1.29, 1.82) is 0 Å². The van der Waals surface area contributed by atoms with Crippen molar-refractivity contribution in [2.45, 2.75) is 63.8 Å². The van der Waals surface area contributed by atoms with Gasteiger partial charge >= 0.3 is 12.1 Å². The Morgan fingerprint density at radius 1 is 1.09 bits per heavy atom. The zero-order valence-electron chi connectivity index (χ0n) is 24.7. The number of carbonyl (C=O) groups is 3. The van der Waals surface area contributed by atoms with E-state index >= 15 is 0 Å². The Morgan fingerprint density at radius 2 is 1.76 bits per heavy atom. The zero-order valence-corrected chi connectivity index (χ0v) is 26.3. The molecule has 8 nitrogen and oxygen atoms in total. The number of rotatable bonds is 12. The molecule has 0 aromatic heterocycles. The Hall–Kier alpha value is -3.17. The van der Waals surface area contributed by atoms with Crippen LogP contribution in [0, 0.1) is 23.4 Å². The van der Waals surface area contributed by atoms with Gasteiger partial charge in [-0.2, -0.15) is 13.2 Å². The number of hydrogen-bond donors (Lipinski definition) is 3. The van der Waals surface area contributed by atoms with Crippen LogP contribution >= 0.6 is 24.2 Å². The van der Waals surface area contributed by atoms with E-state index in [4.69, 9.17) is 10.5 Å². The number of carbonyl (C=O) groups excluding carboxylic acids is 3. The predicted molar refractivity (Wildman–Crippen MR) is 160 cm³/mol. The largest absolute Gasteiger partial charge is 0.464 e. The number of ether oxygens (including phenoxy) is 1. The molecule has 16 heteroatoms. The van der Waals surface area contributed by atoms with Crippen molar-refractivity contribution in [3.8, 4) is 0 Å². The molecule has 0 spiro atoms. The van der Waals surface area contributed by atoms with Gasteiger partial charge in [0.2, 0.25) is 5.91 Å². The summed E-state index contributed by atoms with van der Waals surface area (Å²) in [6, 6.07) is 2.51. The number of anilines is 1. The maximum atomic E-state index is 14.0. The normalized spacial score (nSPS) is 16.2. The molecule has 3 rings (SSSR count). The number of alkyl halides is 3. The van der Waals surface area contributed by atoms with Gasteiger partial charge in [-0.15, -0.1) is 24.2 Å². The quantitative estimate of drug-likeness (QED) is 0.164. The monoisotopic (exact) mass is 684 g/mol. The molecule has 1 saturated heterocycles. The van der Waals surface area contributed by atoms with Crippen LogP contribution in [0.5, 0.6) is 0 Å². The van der Waals surface area contributed by atoms with E-state index in [1.807, 2.05) is 0 Å². The summed E-state index contributed by atoms with van der Waals surface area (Å²) in [5, 5.41) is 4.22. The van der Waals surface area contributed by atoms with Crippen LogP contribution in [0.1, 0.15) is 43.9 Å². The SMILES string of the molecule is CCOC(=O)[C@H](Nc1ccc(CNC(=O)[C@@H]2SCCN2C(=O)C[C@H](N)Cc2cc(F)c(F)cc2F)cc1C(F)(F)F)C(C)C.Cl. The second-order valence-corrected chi connectivity index (χ2v) is 11.7. The van der Waals surface area contributed by atoms with Crippen LogP contribution in [-0.4, -0.2) is 59.0 Å². The summed E-state index contributed by atoms with van der Waals surface area (Å²) >= 11 is 1.15. The van der Waals surface area contributed by atoms with E-state index < -0.39 is 64.4 Å². The van der Waals surface area contributed by atoms with Crippen LogP contribution in [0.3, 0.4) is 0 Å². The second-order valence-electron chi connectivity index (χ2n) is 10.5. The second kappa shape index (κ2) is 16.4. The van der Waals surface area contributed by atoms with Crippen molar-refractivity contribution in [3.63, 3.8) is 0 Å². The lowest BCUT2D eigenvalue weighted by Crippen LogP contribution is -2.46. The summed E-state index contributed by atoms with van der Waals surface area (Å²) in [5.41, 5.74) is 4.55. The highest BCUT2D eigenvalue weighted by Gasteiger charge is 2.37. The Balaban J connectivity index is 0.00000705. The fourth-order valence-electron chi connectivity index (χ4n) is 4.59. The first-order valence-electron chi connectivity index (χ1n) is 13.8. The zero-order chi connectivity index (χ0) is 32.8. The molecule has 0 bridgehead atoms. The van der Waals surface area contributed by atoms with E-state index in [0.29, 0.717) is 17.9 Å². The number of halogens is 7. The summed E-state index contributed by atoms with van der Waals surface area (Å²) in [6.07, 6.45) is -5.34. The summed E-state index contributed by atoms with van der Waals surface area (Å²) in [7, 11) is 0. The molecule has 2 aromatic rings. The summed E-state index contributed by atoms with van der Waals surface area (Å²) < 4.78 is 87.5. The average molecular weight is 685 g/mol. The first kappa shape index (κ1) is 38.0. The number of esters is 1. The van der Waals surface area contributed by atoms with Gasteiger partial charge in [0.1, 0.15) is 11.9 Å². The minimum atomic E-state index is -4.77. The molecule has 45 heavy (non-hydrogen) atoms. The molecule has 2 amide bonds. The highest BCUT2D eigenvalue weighted by Crippen LogP contribution is 2.36. The van der Waals surface area contributed by atoms with Crippen LogP contribution in [0.15, 0.2) is 30.3 Å². The minimum Gasteiger partial charge on any atom is -0.464 e. The molecule has 0 saturated carbocycles. The van der Waals surface area contributed by atoms with Crippen LogP contribution in [0.2, 0.25) is 0 Å². The minimum absolute atomic E-state index is 0. The molecule has 4 N–H and O–H groups in total. The highest BCUT2D eigenvalue weighted by molar-refractivity contribution is 8.00. The van der Waals surface area contributed by atoms with Crippen LogP contribution in [-0.2, 0) is 38.3 Å². The lowest BCUT2D eigenvalue weighted by atomic mass is 10.0. The van der Waals surface area contributed by atoms with Gasteiger partial charge in [0.25, 0.3) is 5.91 Å². The van der Waals surface area contributed by atoms with Crippen molar-refractivity contribution in [2.75, 3.05) is 24.2 Å². The van der Waals surface area contributed by atoms with Gasteiger partial charge in [-0.1, -0.05) is 19.9 Å². The standard InChI is InChI=1S/C29H34F6N4O4S.ClH/c1-4-43-28(42)25(15(2)3)38-23-6-5-16(9-19(23)29(33,34)35)14-37-26(41)27-39(7-8-44-27)24(40)12-18(36)10-17-11-21(31)22(32)13-20(17)30;/h5-6,9,11,13,15,18,25,27,38H,4,7-8,10,12,14,36H2,1-3H3,(H,37,41);1H/t18-,25-,27+;/m1./s1. The van der Waals surface area contributed by atoms with Crippen molar-refractivity contribution in [2.24, 2.45) is 11.7 Å². The third kappa shape index (κ3) is 10.2. The Kier molecular flexibility index (Phi) is 13.9. The lowest BCUT2D eigenvalue weighted by molar-refractivity contribution is -0.145. The number of amides is 2. The number of nitrogens with two attached hydrogens (primary N) is 1. The third-order valence-electron chi connectivity index (χ3n) is 6.82. The first-order chi connectivity index (χ1) is 20.6. The van der Waals surface area contributed by atoms with Gasteiger partial charge in [-0.3, -0.25) is 9.59 Å². The molecule has 2 aromatic carbocycles. The number of thioether (sulfide) groups is 1. The summed E-state index contributed by atoms with van der Waals surface area (Å²) in [5.74, 6) is -5.39. The summed E-state index contributed by atoms with van der Waals surface area (Å²) in [4.78, 5) is 39.4. The number of benzene rings is 2. The van der Waals surface area contributed by atoms with E-state index in [1.54, 1.807) is 20.8 Å². The van der Waals surface area contributed by atoms with Crippen molar-refractivity contribution < 1.29 is 45.5 Å². The number of hydrogen-bond acceptors (Lipinski definition) is 7. The number of nitrogens with one attached hydrogen (secondary N) is 2. The van der Waals surface area contributed by atoms with Crippen LogP contribution in [0.25, 0.3) is 0 Å². The smallest absolute Gasteiger partial charge is 0.418 e. The first-order valence-corrected chi connectivity index (χ1v) is 14.9. The highest BCUT2D eigenvalue weighted by atomic mass is 35.5. The van der Waals surface area contributed by atoms with Gasteiger partial charge in [0, 0.05) is 43.1 Å². The van der Waals surface area contributed by atoms with E-state index in [2.05, 4.69) is 10.6 Å². The van der Waals surface area contributed by atoms with Crippen molar-refractivity contribution >= 4 is 47.6 Å². The molecule has 1 fully saturated rings. The van der Waals surface area contributed by atoms with Crippen molar-refractivity contribution in [1.82, 2.24) is 10.2 Å². The molecule has 3 atom stereocenters. The fourth-order valence-corrected chi connectivity index (χ4v) is 5.76. The van der Waals surface area contributed by atoms with Gasteiger partial charge in [-0.05, 0) is 48.6 Å². The molecule has 0 aliphatic carbocycles. The lowest BCUT2D eigenvalue weighted by Gasteiger charge is -2.25. The van der Waals surface area contributed by atoms with Crippen LogP contribution < -0.4 is 16.4 Å². The molecule has 1 aliphatic heterocycles. The van der Waals surface area contributed by atoms with Gasteiger partial charge in [-0.25, -0.2) is 18.0 Å². The fraction of sp³-hybridized carbons (Fsp3) is 0.483. The van der Waals surface area contributed by atoms with Gasteiger partial charge in [0.05, 0.1) is 12.2 Å². The molecular weight excluding hydrogens is 650 g/mol. The van der Waals surface area contributed by atoms with E-state index in [9.17, 15) is 40.7 Å². The molecule has 0 radical (unpaired) electrons. The molecule has 1 aliphatic rings. The predicted octanol–water partition coefficient (Wildman–Crippen LogP) is 5.02. The van der Waals surface area contributed by atoms with E-state index in [1.165, 1.54) is 17.0 Å². The molecule has 0 unspecified atom stereocenters. The van der Waals surface area contributed by atoms with Gasteiger partial charge in [0.15, 0.2) is 17.0 Å². The van der Waals surface area contributed by atoms with E-state index in [0.717, 1.165) is 17.8 Å². The number of nitrogens with zero attached hydrogens (tertiary/aromatic N) is 1. The Bertz CT molecular complexity index is 1370. The topological polar surface area (TPSA) is 114 Å². The van der Waals surface area contributed by atoms with Crippen molar-refractivity contribution in [3.05, 3.63) is 64.5 Å². The maximum Gasteiger partial charge on any atom is 0.418 e. The molecular formula is C29H35ClF6N4O4S. The van der Waals surface area contributed by atoms with E-state index in [-0.39, 0.29) is 67.7 Å². The van der Waals surface area contributed by atoms with Gasteiger partial charge < -0.3 is 26.0 Å².